The van der Waals surface area contributed by atoms with Gasteiger partial charge in [0.25, 0.3) is 5.56 Å². The van der Waals surface area contributed by atoms with Gasteiger partial charge in [0.1, 0.15) is 5.75 Å². The molecule has 2 rings (SSSR count). The molecule has 0 aliphatic rings. The summed E-state index contributed by atoms with van der Waals surface area (Å²) in [6.07, 6.45) is 2.35. The van der Waals surface area contributed by atoms with Crippen molar-refractivity contribution in [3.05, 3.63) is 52.9 Å². The molecule has 0 amide bonds. The number of benzene rings is 1. The molecule has 0 saturated heterocycles. The van der Waals surface area contributed by atoms with Gasteiger partial charge in [0.05, 0.1) is 18.5 Å². The molecule has 3 N–H and O–H groups in total. The smallest absolute Gasteiger partial charge is 0.268 e. The van der Waals surface area contributed by atoms with E-state index in [9.17, 15) is 4.79 Å². The molecule has 0 spiro atoms. The Morgan fingerprint density at radius 2 is 2.10 bits per heavy atom. The van der Waals surface area contributed by atoms with Crippen LogP contribution in [0.15, 0.2) is 47.4 Å². The van der Waals surface area contributed by atoms with Crippen molar-refractivity contribution in [2.24, 2.45) is 5.73 Å². The summed E-state index contributed by atoms with van der Waals surface area (Å²) in [6, 6.07) is 11.1. The van der Waals surface area contributed by atoms with E-state index in [1.54, 1.807) is 6.20 Å². The minimum Gasteiger partial charge on any atom is -0.494 e. The Kier molecular flexibility index (Phi) is 5.78. The maximum absolute atomic E-state index is 11.9. The van der Waals surface area contributed by atoms with Crippen molar-refractivity contribution < 1.29 is 4.74 Å². The maximum atomic E-state index is 11.9. The third kappa shape index (κ3) is 4.92. The lowest BCUT2D eigenvalue weighted by Gasteiger charge is -2.08. The molecule has 0 aliphatic carbocycles. The Morgan fingerprint density at radius 1 is 1.29 bits per heavy atom. The zero-order valence-electron chi connectivity index (χ0n) is 11.9. The third-order valence-electron chi connectivity index (χ3n) is 2.87. The van der Waals surface area contributed by atoms with E-state index in [-0.39, 0.29) is 5.56 Å². The van der Waals surface area contributed by atoms with Gasteiger partial charge in [-0.05, 0) is 12.1 Å². The summed E-state index contributed by atoms with van der Waals surface area (Å²) in [5.74, 6) is 0.833. The minimum absolute atomic E-state index is 0.128. The van der Waals surface area contributed by atoms with Crippen LogP contribution in [0.2, 0.25) is 0 Å². The Balaban J connectivity index is 1.79. The highest BCUT2D eigenvalue weighted by Crippen LogP contribution is 2.08. The molecule has 2 aromatic rings. The van der Waals surface area contributed by atoms with E-state index in [1.165, 1.54) is 10.7 Å². The number of para-hydroxylation sites is 1. The zero-order chi connectivity index (χ0) is 14.9. The molecular formula is C15H20N4O2. The largest absolute Gasteiger partial charge is 0.494 e. The summed E-state index contributed by atoms with van der Waals surface area (Å²) in [4.78, 5) is 11.9. The maximum Gasteiger partial charge on any atom is 0.268 e. The second-order valence-electron chi connectivity index (χ2n) is 4.54. The molecule has 6 heteroatoms. The fraction of sp³-hybridized carbons (Fsp3) is 0.333. The second kappa shape index (κ2) is 8.06. The van der Waals surface area contributed by atoms with Gasteiger partial charge in [0.15, 0.2) is 0 Å². The molecule has 0 fully saturated rings. The lowest BCUT2D eigenvalue weighted by molar-refractivity contribution is 0.297. The summed E-state index contributed by atoms with van der Waals surface area (Å²) in [7, 11) is 0. The lowest BCUT2D eigenvalue weighted by Crippen LogP contribution is -2.24. The van der Waals surface area contributed by atoms with Gasteiger partial charge < -0.3 is 15.8 Å². The van der Waals surface area contributed by atoms with E-state index >= 15 is 0 Å². The van der Waals surface area contributed by atoms with Crippen LogP contribution in [0.3, 0.4) is 0 Å². The van der Waals surface area contributed by atoms with Gasteiger partial charge in [0, 0.05) is 32.1 Å². The lowest BCUT2D eigenvalue weighted by atomic mass is 10.3. The predicted molar refractivity (Wildman–Crippen MR) is 82.6 cm³/mol. The van der Waals surface area contributed by atoms with E-state index in [4.69, 9.17) is 10.5 Å². The SMILES string of the molecule is NCCNc1cnn(CCCOc2ccccc2)c(=O)c1. The van der Waals surface area contributed by atoms with Crippen molar-refractivity contribution in [2.75, 3.05) is 25.0 Å². The van der Waals surface area contributed by atoms with Crippen molar-refractivity contribution in [2.45, 2.75) is 13.0 Å². The van der Waals surface area contributed by atoms with Crippen molar-refractivity contribution in [1.29, 1.82) is 0 Å². The highest BCUT2D eigenvalue weighted by atomic mass is 16.5. The molecule has 0 saturated carbocycles. The van der Waals surface area contributed by atoms with E-state index < -0.39 is 0 Å². The monoisotopic (exact) mass is 288 g/mol. The van der Waals surface area contributed by atoms with Gasteiger partial charge in [-0.15, -0.1) is 0 Å². The number of aromatic nitrogens is 2. The average molecular weight is 288 g/mol. The molecular weight excluding hydrogens is 268 g/mol. The first-order valence-corrected chi connectivity index (χ1v) is 6.98. The van der Waals surface area contributed by atoms with Crippen molar-refractivity contribution in [3.8, 4) is 5.75 Å². The normalized spacial score (nSPS) is 10.3. The molecule has 0 unspecified atom stereocenters. The Labute approximate surface area is 123 Å². The fourth-order valence-electron chi connectivity index (χ4n) is 1.84. The molecule has 0 radical (unpaired) electrons. The van der Waals surface area contributed by atoms with Crippen molar-refractivity contribution >= 4 is 5.69 Å². The number of hydrogen-bond acceptors (Lipinski definition) is 5. The molecule has 1 aromatic heterocycles. The highest BCUT2D eigenvalue weighted by molar-refractivity contribution is 5.38. The van der Waals surface area contributed by atoms with Crippen LogP contribution in [0, 0.1) is 0 Å². The average Bonchev–Trinajstić information content (AvgIpc) is 2.52. The van der Waals surface area contributed by atoms with E-state index in [1.807, 2.05) is 30.3 Å². The van der Waals surface area contributed by atoms with Gasteiger partial charge >= 0.3 is 0 Å². The predicted octanol–water partition coefficient (Wildman–Crippen LogP) is 1.08. The Morgan fingerprint density at radius 3 is 2.81 bits per heavy atom. The number of nitrogens with zero attached hydrogens (tertiary/aromatic N) is 2. The van der Waals surface area contributed by atoms with Crippen molar-refractivity contribution in [1.82, 2.24) is 9.78 Å². The molecule has 112 valence electrons. The number of ether oxygens (including phenoxy) is 1. The number of aryl methyl sites for hydroxylation is 1. The fourth-order valence-corrected chi connectivity index (χ4v) is 1.84. The van der Waals surface area contributed by atoms with E-state index in [0.717, 1.165) is 12.2 Å². The van der Waals surface area contributed by atoms with Crippen LogP contribution in [-0.4, -0.2) is 29.5 Å². The summed E-state index contributed by atoms with van der Waals surface area (Å²) >= 11 is 0. The van der Waals surface area contributed by atoms with Crippen LogP contribution >= 0.6 is 0 Å². The number of nitrogens with one attached hydrogen (secondary N) is 1. The zero-order valence-corrected chi connectivity index (χ0v) is 11.9. The van der Waals surface area contributed by atoms with Gasteiger partial charge in [-0.25, -0.2) is 4.68 Å². The molecule has 1 aromatic carbocycles. The van der Waals surface area contributed by atoms with Crippen LogP contribution < -0.4 is 21.3 Å². The number of rotatable bonds is 8. The summed E-state index contributed by atoms with van der Waals surface area (Å²) < 4.78 is 7.01. The van der Waals surface area contributed by atoms with Gasteiger partial charge in [0.2, 0.25) is 0 Å². The quantitative estimate of drug-likeness (QED) is 0.710. The van der Waals surface area contributed by atoms with Crippen LogP contribution in [0.25, 0.3) is 0 Å². The second-order valence-corrected chi connectivity index (χ2v) is 4.54. The van der Waals surface area contributed by atoms with Gasteiger partial charge in [-0.1, -0.05) is 18.2 Å². The standard InChI is InChI=1S/C15H20N4O2/c16-7-8-17-13-11-15(20)19(18-12-13)9-4-10-21-14-5-2-1-3-6-14/h1-3,5-6,11-12,17H,4,7-10,16H2. The Hall–Kier alpha value is -2.34. The molecule has 0 bridgehead atoms. The molecule has 0 atom stereocenters. The molecule has 21 heavy (non-hydrogen) atoms. The van der Waals surface area contributed by atoms with Crippen LogP contribution in [0.5, 0.6) is 5.75 Å². The third-order valence-corrected chi connectivity index (χ3v) is 2.87. The van der Waals surface area contributed by atoms with Crippen LogP contribution in [0.1, 0.15) is 6.42 Å². The van der Waals surface area contributed by atoms with Gasteiger partial charge in [-0.2, -0.15) is 5.10 Å². The highest BCUT2D eigenvalue weighted by Gasteiger charge is 2.00. The van der Waals surface area contributed by atoms with E-state index in [2.05, 4.69) is 10.4 Å². The molecule has 1 heterocycles. The summed E-state index contributed by atoms with van der Waals surface area (Å²) in [5.41, 5.74) is 5.96. The van der Waals surface area contributed by atoms with Crippen molar-refractivity contribution in [3.63, 3.8) is 0 Å². The first kappa shape index (κ1) is 15.1. The summed E-state index contributed by atoms with van der Waals surface area (Å²) in [6.45, 7) is 2.21. The van der Waals surface area contributed by atoms with Crippen LogP contribution in [0.4, 0.5) is 5.69 Å². The van der Waals surface area contributed by atoms with Gasteiger partial charge in [-0.3, -0.25) is 4.79 Å². The van der Waals surface area contributed by atoms with E-state index in [0.29, 0.717) is 31.9 Å². The number of anilines is 1. The molecule has 0 aliphatic heterocycles. The Bertz CT molecular complexity index is 598. The first-order chi connectivity index (χ1) is 10.3. The molecule has 6 nitrogen and oxygen atoms in total. The topological polar surface area (TPSA) is 82.2 Å². The minimum atomic E-state index is -0.128. The number of hydrogen-bond donors (Lipinski definition) is 2. The summed E-state index contributed by atoms with van der Waals surface area (Å²) in [5, 5.41) is 7.15. The van der Waals surface area contributed by atoms with Crippen LogP contribution in [-0.2, 0) is 6.54 Å². The number of nitrogens with two attached hydrogens (primary N) is 1. The first-order valence-electron chi connectivity index (χ1n) is 6.98.